The average Bonchev–Trinajstić information content (AvgIpc) is 2.69. The van der Waals surface area contributed by atoms with E-state index in [2.05, 4.69) is 5.10 Å². The number of hydrogen-bond acceptors (Lipinski definition) is 4. The Morgan fingerprint density at radius 1 is 1.26 bits per heavy atom. The molecule has 1 unspecified atom stereocenters. The van der Waals surface area contributed by atoms with E-state index in [4.69, 9.17) is 10.5 Å². The van der Waals surface area contributed by atoms with Crippen LogP contribution in [0.25, 0.3) is 0 Å². The van der Waals surface area contributed by atoms with Crippen molar-refractivity contribution in [2.75, 3.05) is 5.73 Å². The topological polar surface area (TPSA) is 73.3 Å². The molecule has 19 heavy (non-hydrogen) atoms. The van der Waals surface area contributed by atoms with Crippen LogP contribution in [0.3, 0.4) is 0 Å². The fraction of sp³-hybridized carbons (Fsp3) is 0.357. The van der Waals surface area contributed by atoms with Crippen LogP contribution >= 0.6 is 0 Å². The third-order valence-corrected chi connectivity index (χ3v) is 2.88. The molecule has 3 N–H and O–H groups in total. The largest absolute Gasteiger partial charge is 0.491 e. The van der Waals surface area contributed by atoms with Gasteiger partial charge in [0.2, 0.25) is 0 Å². The summed E-state index contributed by atoms with van der Waals surface area (Å²) in [6.45, 7) is 3.94. The van der Waals surface area contributed by atoms with Gasteiger partial charge in [0.05, 0.1) is 12.3 Å². The fourth-order valence-electron chi connectivity index (χ4n) is 1.86. The molecule has 0 saturated heterocycles. The molecule has 0 amide bonds. The number of rotatable bonds is 4. The number of hydrogen-bond donors (Lipinski definition) is 2. The zero-order valence-corrected chi connectivity index (χ0v) is 11.4. The van der Waals surface area contributed by atoms with E-state index in [1.54, 1.807) is 13.2 Å². The van der Waals surface area contributed by atoms with E-state index in [0.717, 1.165) is 11.3 Å². The van der Waals surface area contributed by atoms with Crippen LogP contribution in [-0.2, 0) is 7.05 Å². The van der Waals surface area contributed by atoms with Crippen LogP contribution in [0.1, 0.15) is 31.1 Å². The van der Waals surface area contributed by atoms with Gasteiger partial charge in [-0.1, -0.05) is 12.1 Å². The molecular weight excluding hydrogens is 242 g/mol. The molecule has 0 radical (unpaired) electrons. The molecule has 0 aliphatic heterocycles. The first-order valence-corrected chi connectivity index (χ1v) is 6.21. The number of nitrogens with two attached hydrogens (primary N) is 1. The third-order valence-electron chi connectivity index (χ3n) is 2.88. The highest BCUT2D eigenvalue weighted by Gasteiger charge is 2.16. The summed E-state index contributed by atoms with van der Waals surface area (Å²) in [6, 6.07) is 7.33. The number of aromatic nitrogens is 2. The Morgan fingerprint density at radius 2 is 1.89 bits per heavy atom. The molecule has 0 aliphatic rings. The highest BCUT2D eigenvalue weighted by atomic mass is 16.5. The molecule has 1 aromatic heterocycles. The summed E-state index contributed by atoms with van der Waals surface area (Å²) in [6.07, 6.45) is 0.935. The number of benzene rings is 1. The van der Waals surface area contributed by atoms with E-state index in [9.17, 15) is 5.11 Å². The van der Waals surface area contributed by atoms with Crippen LogP contribution in [0, 0.1) is 0 Å². The Kier molecular flexibility index (Phi) is 3.76. The second kappa shape index (κ2) is 5.32. The zero-order valence-electron chi connectivity index (χ0n) is 11.4. The van der Waals surface area contributed by atoms with Crippen LogP contribution < -0.4 is 10.5 Å². The minimum atomic E-state index is -0.776. The lowest BCUT2D eigenvalue weighted by atomic mass is 10.0. The van der Waals surface area contributed by atoms with E-state index in [-0.39, 0.29) is 6.10 Å². The molecule has 0 aliphatic carbocycles. The lowest BCUT2D eigenvalue weighted by Gasteiger charge is -2.13. The van der Waals surface area contributed by atoms with Crippen molar-refractivity contribution in [1.29, 1.82) is 0 Å². The Hall–Kier alpha value is -2.01. The zero-order chi connectivity index (χ0) is 14.0. The maximum absolute atomic E-state index is 10.3. The molecule has 1 atom stereocenters. The fourth-order valence-corrected chi connectivity index (χ4v) is 1.86. The Balaban J connectivity index is 2.20. The van der Waals surface area contributed by atoms with Crippen molar-refractivity contribution >= 4 is 5.82 Å². The predicted molar refractivity (Wildman–Crippen MR) is 73.9 cm³/mol. The van der Waals surface area contributed by atoms with Gasteiger partial charge in [-0.15, -0.1) is 0 Å². The third kappa shape index (κ3) is 2.88. The first kappa shape index (κ1) is 13.4. The monoisotopic (exact) mass is 261 g/mol. The number of aliphatic hydroxyl groups is 1. The van der Waals surface area contributed by atoms with E-state index >= 15 is 0 Å². The first-order chi connectivity index (χ1) is 8.99. The lowest BCUT2D eigenvalue weighted by Crippen LogP contribution is -2.06. The van der Waals surface area contributed by atoms with Gasteiger partial charge in [-0.25, -0.2) is 0 Å². The van der Waals surface area contributed by atoms with Crippen LogP contribution in [0.2, 0.25) is 0 Å². The van der Waals surface area contributed by atoms with Crippen LogP contribution in [0.15, 0.2) is 30.5 Å². The SMILES string of the molecule is CC(C)Oc1ccc(C(O)c2cnn(C)c2N)cc1. The molecule has 1 heterocycles. The van der Waals surface area contributed by atoms with Crippen LogP contribution in [0.5, 0.6) is 5.75 Å². The van der Waals surface area contributed by atoms with Crippen molar-refractivity contribution in [2.45, 2.75) is 26.1 Å². The standard InChI is InChI=1S/C14H19N3O2/c1-9(2)19-11-6-4-10(5-7-11)13(18)12-8-16-17(3)14(12)15/h4-9,13,18H,15H2,1-3H3. The summed E-state index contributed by atoms with van der Waals surface area (Å²) in [4.78, 5) is 0. The minimum absolute atomic E-state index is 0.129. The number of nitrogen functional groups attached to an aromatic ring is 1. The quantitative estimate of drug-likeness (QED) is 0.881. The Morgan fingerprint density at radius 3 is 2.37 bits per heavy atom. The highest BCUT2D eigenvalue weighted by Crippen LogP contribution is 2.27. The highest BCUT2D eigenvalue weighted by molar-refractivity contribution is 5.44. The van der Waals surface area contributed by atoms with Crippen molar-refractivity contribution in [3.63, 3.8) is 0 Å². The van der Waals surface area contributed by atoms with Crippen molar-refractivity contribution in [2.24, 2.45) is 7.05 Å². The molecule has 102 valence electrons. The van der Waals surface area contributed by atoms with Gasteiger partial charge in [0.15, 0.2) is 0 Å². The predicted octanol–water partition coefficient (Wildman–Crippen LogP) is 1.87. The minimum Gasteiger partial charge on any atom is -0.491 e. The number of anilines is 1. The van der Waals surface area contributed by atoms with Gasteiger partial charge in [0.25, 0.3) is 0 Å². The van der Waals surface area contributed by atoms with Crippen molar-refractivity contribution < 1.29 is 9.84 Å². The van der Waals surface area contributed by atoms with Gasteiger partial charge in [-0.2, -0.15) is 5.10 Å². The smallest absolute Gasteiger partial charge is 0.127 e. The molecule has 0 fully saturated rings. The maximum atomic E-state index is 10.3. The summed E-state index contributed by atoms with van der Waals surface area (Å²) in [5.41, 5.74) is 7.22. The Bertz CT molecular complexity index is 546. The van der Waals surface area contributed by atoms with E-state index in [1.807, 2.05) is 38.1 Å². The molecule has 1 aromatic carbocycles. The van der Waals surface area contributed by atoms with Crippen LogP contribution in [-0.4, -0.2) is 21.0 Å². The summed E-state index contributed by atoms with van der Waals surface area (Å²) < 4.78 is 7.10. The van der Waals surface area contributed by atoms with Gasteiger partial charge in [0.1, 0.15) is 17.7 Å². The summed E-state index contributed by atoms with van der Waals surface area (Å²) in [5, 5.41) is 14.3. The van der Waals surface area contributed by atoms with Gasteiger partial charge < -0.3 is 15.6 Å². The maximum Gasteiger partial charge on any atom is 0.127 e. The molecule has 0 spiro atoms. The van der Waals surface area contributed by atoms with E-state index in [1.165, 1.54) is 4.68 Å². The van der Waals surface area contributed by atoms with Gasteiger partial charge in [-0.3, -0.25) is 4.68 Å². The van der Waals surface area contributed by atoms with Crippen molar-refractivity contribution in [1.82, 2.24) is 9.78 Å². The van der Waals surface area contributed by atoms with Gasteiger partial charge in [-0.05, 0) is 31.5 Å². The molecule has 5 heteroatoms. The molecule has 2 aromatic rings. The second-order valence-electron chi connectivity index (χ2n) is 4.75. The number of nitrogens with zero attached hydrogens (tertiary/aromatic N) is 2. The van der Waals surface area contributed by atoms with Crippen LogP contribution in [0.4, 0.5) is 5.82 Å². The molecular formula is C14H19N3O2. The van der Waals surface area contributed by atoms with Crippen molar-refractivity contribution in [3.05, 3.63) is 41.6 Å². The first-order valence-electron chi connectivity index (χ1n) is 6.21. The Labute approximate surface area is 112 Å². The van der Waals surface area contributed by atoms with E-state index in [0.29, 0.717) is 11.4 Å². The van der Waals surface area contributed by atoms with Gasteiger partial charge >= 0.3 is 0 Å². The lowest BCUT2D eigenvalue weighted by molar-refractivity contribution is 0.220. The number of ether oxygens (including phenoxy) is 1. The molecule has 0 saturated carbocycles. The average molecular weight is 261 g/mol. The number of aliphatic hydroxyl groups excluding tert-OH is 1. The molecule has 2 rings (SSSR count). The normalized spacial score (nSPS) is 12.7. The summed E-state index contributed by atoms with van der Waals surface area (Å²) in [7, 11) is 1.74. The number of aryl methyl sites for hydroxylation is 1. The van der Waals surface area contributed by atoms with Gasteiger partial charge in [0, 0.05) is 12.6 Å². The van der Waals surface area contributed by atoms with E-state index < -0.39 is 6.10 Å². The summed E-state index contributed by atoms with van der Waals surface area (Å²) >= 11 is 0. The molecule has 5 nitrogen and oxygen atoms in total. The second-order valence-corrected chi connectivity index (χ2v) is 4.75. The van der Waals surface area contributed by atoms with Crippen molar-refractivity contribution in [3.8, 4) is 5.75 Å². The summed E-state index contributed by atoms with van der Waals surface area (Å²) in [5.74, 6) is 1.25. The molecule has 0 bridgehead atoms.